The van der Waals surface area contributed by atoms with Gasteiger partial charge in [0.25, 0.3) is 0 Å². The number of carbonyl (C=O) groups excluding carboxylic acids is 2. The molecule has 0 aliphatic heterocycles. The Morgan fingerprint density at radius 1 is 1.00 bits per heavy atom. The number of hydrogen-bond acceptors (Lipinski definition) is 9. The standard InChI is InChI=1S/C14H22O10/c1-6(2)3-7(4-9(17)18)13(22)24-14(23)12(21)11(20)10(19)8(16)5-15/h3,7-8,10-12,15-16,19-21H,4-5H2,1-2H3,(H,17,18)/t7?,8-,10-,11+,12-/m1/s1. The molecule has 6 N–H and O–H groups in total. The van der Waals surface area contributed by atoms with Crippen molar-refractivity contribution in [1.82, 2.24) is 0 Å². The predicted molar refractivity (Wildman–Crippen MR) is 77.4 cm³/mol. The summed E-state index contributed by atoms with van der Waals surface area (Å²) in [5, 5.41) is 54.9. The van der Waals surface area contributed by atoms with Crippen molar-refractivity contribution in [3.05, 3.63) is 11.6 Å². The van der Waals surface area contributed by atoms with E-state index in [-0.39, 0.29) is 0 Å². The lowest BCUT2D eigenvalue weighted by Gasteiger charge is -2.24. The highest BCUT2D eigenvalue weighted by Gasteiger charge is 2.37. The molecule has 0 radical (unpaired) electrons. The van der Waals surface area contributed by atoms with E-state index in [2.05, 4.69) is 4.74 Å². The average molecular weight is 350 g/mol. The van der Waals surface area contributed by atoms with Crippen LogP contribution in [0.4, 0.5) is 0 Å². The second-order valence-corrected chi connectivity index (χ2v) is 5.36. The van der Waals surface area contributed by atoms with E-state index in [1.165, 1.54) is 6.08 Å². The first-order valence-corrected chi connectivity index (χ1v) is 6.96. The molecule has 0 saturated heterocycles. The lowest BCUT2D eigenvalue weighted by molar-refractivity contribution is -0.178. The van der Waals surface area contributed by atoms with Gasteiger partial charge in [0.2, 0.25) is 0 Å². The van der Waals surface area contributed by atoms with Gasteiger partial charge >= 0.3 is 17.9 Å². The number of carboxylic acid groups (broad SMARTS) is 1. The number of aliphatic hydroxyl groups is 5. The van der Waals surface area contributed by atoms with E-state index in [0.717, 1.165) is 0 Å². The third kappa shape index (κ3) is 7.15. The number of carboxylic acids is 1. The Kier molecular flexibility index (Phi) is 9.33. The van der Waals surface area contributed by atoms with Gasteiger partial charge < -0.3 is 35.4 Å². The number of esters is 2. The van der Waals surface area contributed by atoms with E-state index < -0.39 is 61.3 Å². The van der Waals surface area contributed by atoms with Crippen molar-refractivity contribution in [2.24, 2.45) is 5.92 Å². The fraction of sp³-hybridized carbons (Fsp3) is 0.643. The minimum absolute atomic E-state index is 0.590. The quantitative estimate of drug-likeness (QED) is 0.148. The summed E-state index contributed by atoms with van der Waals surface area (Å²) in [5.74, 6) is -5.49. The molecule has 0 aromatic heterocycles. The monoisotopic (exact) mass is 350 g/mol. The molecule has 0 aromatic carbocycles. The molecule has 0 aromatic rings. The Balaban J connectivity index is 4.96. The zero-order valence-corrected chi connectivity index (χ0v) is 13.2. The molecule has 1 unspecified atom stereocenters. The molecule has 0 aliphatic rings. The van der Waals surface area contributed by atoms with Crippen LogP contribution < -0.4 is 0 Å². The van der Waals surface area contributed by atoms with Crippen molar-refractivity contribution in [3.8, 4) is 0 Å². The van der Waals surface area contributed by atoms with Crippen molar-refractivity contribution in [1.29, 1.82) is 0 Å². The first kappa shape index (κ1) is 22.1. The highest BCUT2D eigenvalue weighted by atomic mass is 16.6. The van der Waals surface area contributed by atoms with E-state index >= 15 is 0 Å². The van der Waals surface area contributed by atoms with E-state index in [0.29, 0.717) is 5.57 Å². The van der Waals surface area contributed by atoms with Gasteiger partial charge in [-0.15, -0.1) is 0 Å². The van der Waals surface area contributed by atoms with Crippen LogP contribution in [-0.4, -0.2) is 79.6 Å². The zero-order valence-electron chi connectivity index (χ0n) is 13.2. The van der Waals surface area contributed by atoms with Crippen LogP contribution in [0.3, 0.4) is 0 Å². The number of aliphatic hydroxyl groups excluding tert-OH is 5. The number of aliphatic carboxylic acids is 1. The van der Waals surface area contributed by atoms with Gasteiger partial charge in [0.15, 0.2) is 6.10 Å². The Labute approximate surface area is 137 Å². The van der Waals surface area contributed by atoms with Crippen molar-refractivity contribution in [3.63, 3.8) is 0 Å². The maximum Gasteiger partial charge on any atom is 0.345 e. The lowest BCUT2D eigenvalue weighted by atomic mass is 10.0. The molecule has 10 nitrogen and oxygen atoms in total. The van der Waals surface area contributed by atoms with E-state index in [9.17, 15) is 29.7 Å². The normalized spacial score (nSPS) is 17.1. The minimum atomic E-state index is -2.39. The van der Waals surface area contributed by atoms with Gasteiger partial charge in [-0.3, -0.25) is 9.59 Å². The summed E-state index contributed by atoms with van der Waals surface area (Å²) < 4.78 is 4.31. The Morgan fingerprint density at radius 2 is 1.54 bits per heavy atom. The Morgan fingerprint density at radius 3 is 1.96 bits per heavy atom. The molecule has 0 rings (SSSR count). The maximum atomic E-state index is 11.8. The van der Waals surface area contributed by atoms with Gasteiger partial charge in [-0.25, -0.2) is 4.79 Å². The van der Waals surface area contributed by atoms with Gasteiger partial charge in [-0.05, 0) is 13.8 Å². The number of carbonyl (C=O) groups is 3. The highest BCUT2D eigenvalue weighted by molar-refractivity contribution is 5.91. The van der Waals surface area contributed by atoms with Crippen LogP contribution in [0.15, 0.2) is 11.6 Å². The number of allylic oxidation sites excluding steroid dienone is 1. The molecule has 0 fully saturated rings. The smallest absolute Gasteiger partial charge is 0.345 e. The van der Waals surface area contributed by atoms with Gasteiger partial charge in [0.05, 0.1) is 18.9 Å². The zero-order chi connectivity index (χ0) is 19.0. The molecule has 0 aliphatic carbocycles. The summed E-state index contributed by atoms with van der Waals surface area (Å²) in [7, 11) is 0. The molecule has 0 bridgehead atoms. The molecular formula is C14H22O10. The number of rotatable bonds is 9. The summed E-state index contributed by atoms with van der Waals surface area (Å²) in [6.45, 7) is 2.24. The van der Waals surface area contributed by atoms with E-state index in [1.54, 1.807) is 13.8 Å². The Bertz CT molecular complexity index is 482. The third-order valence-corrected chi connectivity index (χ3v) is 2.93. The van der Waals surface area contributed by atoms with Crippen molar-refractivity contribution < 1.29 is 49.8 Å². The van der Waals surface area contributed by atoms with Crippen LogP contribution in [0.25, 0.3) is 0 Å². The molecule has 24 heavy (non-hydrogen) atoms. The van der Waals surface area contributed by atoms with E-state index in [1.807, 2.05) is 0 Å². The lowest BCUT2D eigenvalue weighted by Crippen LogP contribution is -2.49. The average Bonchev–Trinajstić information content (AvgIpc) is 2.50. The molecule has 10 heteroatoms. The second-order valence-electron chi connectivity index (χ2n) is 5.36. The van der Waals surface area contributed by atoms with Crippen LogP contribution in [0.1, 0.15) is 20.3 Å². The van der Waals surface area contributed by atoms with Crippen molar-refractivity contribution in [2.45, 2.75) is 44.7 Å². The van der Waals surface area contributed by atoms with Crippen LogP contribution in [0, 0.1) is 5.92 Å². The molecule has 0 saturated carbocycles. The third-order valence-electron chi connectivity index (χ3n) is 2.93. The SMILES string of the molecule is CC(C)=CC(CC(=O)O)C(=O)OC(=O)[C@H](O)[C@@H](O)[C@H](O)[C@H](O)CO. The fourth-order valence-corrected chi connectivity index (χ4v) is 1.70. The van der Waals surface area contributed by atoms with Crippen LogP contribution in [-0.2, 0) is 19.1 Å². The summed E-state index contributed by atoms with van der Waals surface area (Å²) in [5.41, 5.74) is 0.590. The van der Waals surface area contributed by atoms with Crippen molar-refractivity contribution in [2.75, 3.05) is 6.61 Å². The van der Waals surface area contributed by atoms with Crippen LogP contribution >= 0.6 is 0 Å². The summed E-state index contributed by atoms with van der Waals surface area (Å²) >= 11 is 0. The van der Waals surface area contributed by atoms with Gasteiger partial charge in [-0.2, -0.15) is 0 Å². The van der Waals surface area contributed by atoms with Crippen LogP contribution in [0.2, 0.25) is 0 Å². The topological polar surface area (TPSA) is 182 Å². The number of ether oxygens (including phenoxy) is 1. The molecule has 138 valence electrons. The van der Waals surface area contributed by atoms with Crippen LogP contribution in [0.5, 0.6) is 0 Å². The van der Waals surface area contributed by atoms with E-state index in [4.69, 9.17) is 15.3 Å². The molecule has 0 spiro atoms. The van der Waals surface area contributed by atoms with Gasteiger partial charge in [0.1, 0.15) is 18.3 Å². The number of hydrogen-bond donors (Lipinski definition) is 6. The summed E-state index contributed by atoms with van der Waals surface area (Å²) in [6.07, 6.45) is -7.90. The molecular weight excluding hydrogens is 328 g/mol. The highest BCUT2D eigenvalue weighted by Crippen LogP contribution is 2.13. The first-order chi connectivity index (χ1) is 11.0. The maximum absolute atomic E-state index is 11.8. The molecule has 0 heterocycles. The fourth-order valence-electron chi connectivity index (χ4n) is 1.70. The minimum Gasteiger partial charge on any atom is -0.481 e. The van der Waals surface area contributed by atoms with Crippen molar-refractivity contribution >= 4 is 17.9 Å². The summed E-state index contributed by atoms with van der Waals surface area (Å²) in [6, 6.07) is 0. The summed E-state index contributed by atoms with van der Waals surface area (Å²) in [4.78, 5) is 34.2. The van der Waals surface area contributed by atoms with Gasteiger partial charge in [-0.1, -0.05) is 11.6 Å². The molecule has 0 amide bonds. The van der Waals surface area contributed by atoms with Gasteiger partial charge in [0, 0.05) is 0 Å². The Hall–Kier alpha value is -1.85. The largest absolute Gasteiger partial charge is 0.481 e. The predicted octanol–water partition coefficient (Wildman–Crippen LogP) is -2.45. The second kappa shape index (κ2) is 10.1. The first-order valence-electron chi connectivity index (χ1n) is 6.96. The molecule has 5 atom stereocenters.